The Morgan fingerprint density at radius 2 is 2.44 bits per heavy atom. The first-order valence-electron chi connectivity index (χ1n) is 6.57. The van der Waals surface area contributed by atoms with Crippen molar-refractivity contribution in [2.24, 2.45) is 4.99 Å². The van der Waals surface area contributed by atoms with Crippen LogP contribution in [-0.2, 0) is 4.74 Å². The molecular formula is C13H22N2O2S. The van der Waals surface area contributed by atoms with Crippen molar-refractivity contribution in [1.29, 1.82) is 0 Å². The zero-order valence-electron chi connectivity index (χ0n) is 11.1. The van der Waals surface area contributed by atoms with E-state index in [2.05, 4.69) is 25.5 Å². The maximum Gasteiger partial charge on any atom is 0.161 e. The largest absolute Gasteiger partial charge is 0.386 e. The molecule has 1 fully saturated rings. The Morgan fingerprint density at radius 3 is 3.11 bits per heavy atom. The van der Waals surface area contributed by atoms with Crippen LogP contribution in [0.25, 0.3) is 0 Å². The standard InChI is InChI=1S/C13H22N2O2S/c1-4-8-15(3)13-14-9-6-7-11(10(16)5-2)17-12(9)18-13/h5,9-12,16H,2,4,6-8H2,1,3H3/t9-,10+,11-,12-/m1/s1. The number of amidine groups is 1. The lowest BCUT2D eigenvalue weighted by atomic mass is 10.0. The lowest BCUT2D eigenvalue weighted by molar-refractivity contribution is -0.0636. The summed E-state index contributed by atoms with van der Waals surface area (Å²) in [6.07, 6.45) is 3.81. The van der Waals surface area contributed by atoms with Crippen molar-refractivity contribution in [1.82, 2.24) is 4.90 Å². The predicted octanol–water partition coefficient (Wildman–Crippen LogP) is 1.85. The molecule has 0 bridgehead atoms. The van der Waals surface area contributed by atoms with Gasteiger partial charge in [0, 0.05) is 13.6 Å². The molecule has 2 aliphatic heterocycles. The molecule has 5 heteroatoms. The molecule has 1 N–H and O–H groups in total. The lowest BCUT2D eigenvalue weighted by Crippen LogP contribution is -2.39. The van der Waals surface area contributed by atoms with Crippen LogP contribution in [0.5, 0.6) is 0 Å². The van der Waals surface area contributed by atoms with Gasteiger partial charge in [0.1, 0.15) is 5.44 Å². The highest BCUT2D eigenvalue weighted by Gasteiger charge is 2.39. The second kappa shape index (κ2) is 6.08. The highest BCUT2D eigenvalue weighted by molar-refractivity contribution is 8.14. The first-order valence-corrected chi connectivity index (χ1v) is 7.45. The van der Waals surface area contributed by atoms with Gasteiger partial charge < -0.3 is 14.7 Å². The van der Waals surface area contributed by atoms with E-state index in [0.717, 1.165) is 31.0 Å². The predicted molar refractivity (Wildman–Crippen MR) is 75.8 cm³/mol. The van der Waals surface area contributed by atoms with Gasteiger partial charge in [-0.2, -0.15) is 0 Å². The van der Waals surface area contributed by atoms with Crippen LogP contribution >= 0.6 is 11.8 Å². The van der Waals surface area contributed by atoms with Crippen LogP contribution in [0.1, 0.15) is 26.2 Å². The molecule has 0 aromatic heterocycles. The normalized spacial score (nSPS) is 32.6. The van der Waals surface area contributed by atoms with E-state index in [9.17, 15) is 5.11 Å². The Kier molecular flexibility index (Phi) is 4.70. The second-order valence-corrected chi connectivity index (χ2v) is 5.93. The number of hydrogen-bond acceptors (Lipinski definition) is 5. The first-order chi connectivity index (χ1) is 8.65. The van der Waals surface area contributed by atoms with Crippen molar-refractivity contribution >= 4 is 16.9 Å². The minimum Gasteiger partial charge on any atom is -0.386 e. The summed E-state index contributed by atoms with van der Waals surface area (Å²) in [5.74, 6) is 0. The topological polar surface area (TPSA) is 45.1 Å². The molecule has 2 heterocycles. The number of nitrogens with zero attached hydrogens (tertiary/aromatic N) is 2. The summed E-state index contributed by atoms with van der Waals surface area (Å²) >= 11 is 1.68. The number of aliphatic imine (C=N–C) groups is 1. The van der Waals surface area contributed by atoms with Gasteiger partial charge in [-0.1, -0.05) is 24.8 Å². The van der Waals surface area contributed by atoms with Gasteiger partial charge in [0.25, 0.3) is 0 Å². The fourth-order valence-corrected chi connectivity index (χ4v) is 3.56. The second-order valence-electron chi connectivity index (χ2n) is 4.86. The van der Waals surface area contributed by atoms with E-state index < -0.39 is 6.10 Å². The Labute approximate surface area is 113 Å². The van der Waals surface area contributed by atoms with E-state index in [0.29, 0.717) is 0 Å². The van der Waals surface area contributed by atoms with E-state index in [1.54, 1.807) is 17.8 Å². The van der Waals surface area contributed by atoms with Gasteiger partial charge in [0.05, 0.1) is 18.2 Å². The van der Waals surface area contributed by atoms with E-state index in [1.165, 1.54) is 0 Å². The molecule has 0 aliphatic carbocycles. The van der Waals surface area contributed by atoms with E-state index in [-0.39, 0.29) is 17.6 Å². The molecule has 102 valence electrons. The van der Waals surface area contributed by atoms with Crippen LogP contribution < -0.4 is 0 Å². The summed E-state index contributed by atoms with van der Waals surface area (Å²) in [7, 11) is 2.07. The summed E-state index contributed by atoms with van der Waals surface area (Å²) < 4.78 is 5.92. The molecule has 0 unspecified atom stereocenters. The molecule has 0 aromatic rings. The minimum atomic E-state index is -0.566. The molecular weight excluding hydrogens is 248 g/mol. The average molecular weight is 270 g/mol. The average Bonchev–Trinajstić information content (AvgIpc) is 2.80. The fourth-order valence-electron chi connectivity index (χ4n) is 2.33. The van der Waals surface area contributed by atoms with Gasteiger partial charge in [-0.15, -0.1) is 6.58 Å². The summed E-state index contributed by atoms with van der Waals surface area (Å²) in [5.41, 5.74) is 0.0626. The highest BCUT2D eigenvalue weighted by atomic mass is 32.2. The Morgan fingerprint density at radius 1 is 1.67 bits per heavy atom. The highest BCUT2D eigenvalue weighted by Crippen LogP contribution is 2.37. The number of aliphatic hydroxyl groups excluding tert-OH is 1. The molecule has 0 saturated carbocycles. The molecule has 2 rings (SSSR count). The lowest BCUT2D eigenvalue weighted by Gasteiger charge is -2.32. The van der Waals surface area contributed by atoms with Crippen LogP contribution in [0.15, 0.2) is 17.6 Å². The molecule has 0 amide bonds. The molecule has 0 spiro atoms. The molecule has 1 saturated heterocycles. The van der Waals surface area contributed by atoms with Gasteiger partial charge in [-0.05, 0) is 19.3 Å². The molecule has 0 aromatic carbocycles. The maximum absolute atomic E-state index is 9.76. The van der Waals surface area contributed by atoms with Crippen LogP contribution in [0.4, 0.5) is 0 Å². The summed E-state index contributed by atoms with van der Waals surface area (Å²) in [6.45, 7) is 6.80. The zero-order chi connectivity index (χ0) is 13.1. The minimum absolute atomic E-state index is 0.0626. The van der Waals surface area contributed by atoms with Crippen molar-refractivity contribution in [2.45, 2.75) is 49.9 Å². The number of hydrogen-bond donors (Lipinski definition) is 1. The Bertz CT molecular complexity index is 335. The number of aliphatic hydroxyl groups is 1. The summed E-state index contributed by atoms with van der Waals surface area (Å²) in [4.78, 5) is 6.91. The quantitative estimate of drug-likeness (QED) is 0.792. The number of ether oxygens (including phenoxy) is 1. The molecule has 4 nitrogen and oxygen atoms in total. The van der Waals surface area contributed by atoms with Crippen LogP contribution in [0, 0.1) is 0 Å². The van der Waals surface area contributed by atoms with Crippen LogP contribution in [-0.4, -0.2) is 52.5 Å². The van der Waals surface area contributed by atoms with E-state index >= 15 is 0 Å². The number of fused-ring (bicyclic) bond motifs is 1. The van der Waals surface area contributed by atoms with Gasteiger partial charge in [-0.25, -0.2) is 0 Å². The monoisotopic (exact) mass is 270 g/mol. The summed E-state index contributed by atoms with van der Waals surface area (Å²) in [5, 5.41) is 10.8. The van der Waals surface area contributed by atoms with Crippen molar-refractivity contribution in [2.75, 3.05) is 13.6 Å². The SMILES string of the molecule is C=C[C@H](O)[C@H]1CC[C@H]2N=C(N(C)CCC)S[C@H]2O1. The maximum atomic E-state index is 9.76. The van der Waals surface area contributed by atoms with Crippen molar-refractivity contribution in [3.8, 4) is 0 Å². The van der Waals surface area contributed by atoms with Crippen LogP contribution in [0.3, 0.4) is 0 Å². The van der Waals surface area contributed by atoms with Crippen molar-refractivity contribution in [3.63, 3.8) is 0 Å². The third kappa shape index (κ3) is 2.90. The smallest absolute Gasteiger partial charge is 0.161 e. The van der Waals surface area contributed by atoms with E-state index in [1.807, 2.05) is 0 Å². The molecule has 4 atom stereocenters. The number of rotatable bonds is 4. The molecule has 2 aliphatic rings. The Hall–Kier alpha value is -0.520. The van der Waals surface area contributed by atoms with Crippen molar-refractivity contribution < 1.29 is 9.84 Å². The van der Waals surface area contributed by atoms with Gasteiger partial charge in [-0.3, -0.25) is 4.99 Å². The van der Waals surface area contributed by atoms with Crippen molar-refractivity contribution in [3.05, 3.63) is 12.7 Å². The fraction of sp³-hybridized carbons (Fsp3) is 0.769. The van der Waals surface area contributed by atoms with Gasteiger partial charge >= 0.3 is 0 Å². The summed E-state index contributed by atoms with van der Waals surface area (Å²) in [6, 6.07) is 0.248. The molecule has 0 radical (unpaired) electrons. The third-order valence-corrected chi connectivity index (χ3v) is 4.66. The first kappa shape index (κ1) is 13.9. The zero-order valence-corrected chi connectivity index (χ0v) is 11.9. The van der Waals surface area contributed by atoms with Crippen LogP contribution in [0.2, 0.25) is 0 Å². The Balaban J connectivity index is 1.93. The van der Waals surface area contributed by atoms with Gasteiger partial charge in [0.15, 0.2) is 5.17 Å². The third-order valence-electron chi connectivity index (χ3n) is 3.38. The van der Waals surface area contributed by atoms with E-state index in [4.69, 9.17) is 9.73 Å². The van der Waals surface area contributed by atoms with Gasteiger partial charge in [0.2, 0.25) is 0 Å². The molecule has 18 heavy (non-hydrogen) atoms. The number of thioether (sulfide) groups is 1.